The fourth-order valence-corrected chi connectivity index (χ4v) is 4.69. The Morgan fingerprint density at radius 1 is 1.11 bits per heavy atom. The van der Waals surface area contributed by atoms with Crippen LogP contribution in [0.25, 0.3) is 0 Å². The summed E-state index contributed by atoms with van der Waals surface area (Å²) in [5.41, 5.74) is 0.762. The fourth-order valence-electron chi connectivity index (χ4n) is 4.43. The van der Waals surface area contributed by atoms with E-state index >= 15 is 0 Å². The van der Waals surface area contributed by atoms with E-state index < -0.39 is 0 Å². The van der Waals surface area contributed by atoms with Crippen LogP contribution in [0.2, 0.25) is 0 Å². The molecule has 0 bridgehead atoms. The molecule has 1 atom stereocenters. The molecule has 1 aromatic carbocycles. The van der Waals surface area contributed by atoms with E-state index in [2.05, 4.69) is 38.3 Å². The van der Waals surface area contributed by atoms with Crippen LogP contribution in [0.5, 0.6) is 0 Å². The summed E-state index contributed by atoms with van der Waals surface area (Å²) in [4.78, 5) is 15.7. The molecule has 1 saturated carbocycles. The van der Waals surface area contributed by atoms with E-state index in [1.807, 2.05) is 24.3 Å². The van der Waals surface area contributed by atoms with Crippen molar-refractivity contribution in [1.29, 1.82) is 0 Å². The molecule has 27 heavy (non-hydrogen) atoms. The molecule has 0 radical (unpaired) electrons. The molecule has 4 nitrogen and oxygen atoms in total. The normalized spacial score (nSPS) is 20.6. The van der Waals surface area contributed by atoms with E-state index in [1.54, 1.807) is 6.26 Å². The van der Waals surface area contributed by atoms with Gasteiger partial charge in [0.25, 0.3) is 0 Å². The SMILES string of the molecule is O=C(NCC(c1ccco1)N1CCCCC1)C1(c2ccc(Br)cc2)CCC1. The number of hydrogen-bond acceptors (Lipinski definition) is 3. The first-order valence-electron chi connectivity index (χ1n) is 10.0. The Kier molecular flexibility index (Phi) is 5.69. The highest BCUT2D eigenvalue weighted by atomic mass is 79.9. The molecule has 4 rings (SSSR count). The largest absolute Gasteiger partial charge is 0.468 e. The molecule has 1 saturated heterocycles. The maximum atomic E-state index is 13.2. The van der Waals surface area contributed by atoms with Gasteiger partial charge >= 0.3 is 0 Å². The van der Waals surface area contributed by atoms with Gasteiger partial charge in [-0.15, -0.1) is 0 Å². The van der Waals surface area contributed by atoms with Gasteiger partial charge in [-0.1, -0.05) is 40.9 Å². The molecule has 1 aliphatic carbocycles. The number of carbonyl (C=O) groups is 1. The highest BCUT2D eigenvalue weighted by Crippen LogP contribution is 2.44. The van der Waals surface area contributed by atoms with Gasteiger partial charge in [0.05, 0.1) is 17.7 Å². The van der Waals surface area contributed by atoms with E-state index in [9.17, 15) is 4.79 Å². The van der Waals surface area contributed by atoms with Crippen molar-refractivity contribution in [3.8, 4) is 0 Å². The van der Waals surface area contributed by atoms with Gasteiger partial charge in [0.15, 0.2) is 0 Å². The minimum atomic E-state index is -0.365. The Hall–Kier alpha value is -1.59. The number of rotatable bonds is 6. The third-order valence-electron chi connectivity index (χ3n) is 6.20. The Labute approximate surface area is 169 Å². The van der Waals surface area contributed by atoms with Crippen LogP contribution in [-0.4, -0.2) is 30.4 Å². The van der Waals surface area contributed by atoms with Crippen molar-refractivity contribution in [2.75, 3.05) is 19.6 Å². The van der Waals surface area contributed by atoms with Crippen molar-refractivity contribution in [1.82, 2.24) is 10.2 Å². The Balaban J connectivity index is 1.48. The van der Waals surface area contributed by atoms with Gasteiger partial charge in [-0.25, -0.2) is 0 Å². The van der Waals surface area contributed by atoms with Crippen LogP contribution in [0, 0.1) is 0 Å². The number of benzene rings is 1. The van der Waals surface area contributed by atoms with Gasteiger partial charge < -0.3 is 9.73 Å². The van der Waals surface area contributed by atoms with E-state index in [0.717, 1.165) is 48.1 Å². The third kappa shape index (κ3) is 3.85. The predicted octanol–water partition coefficient (Wildman–Crippen LogP) is 4.81. The molecule has 2 aromatic rings. The third-order valence-corrected chi connectivity index (χ3v) is 6.73. The highest BCUT2D eigenvalue weighted by molar-refractivity contribution is 9.10. The molecule has 1 aliphatic heterocycles. The predicted molar refractivity (Wildman–Crippen MR) is 110 cm³/mol. The van der Waals surface area contributed by atoms with Gasteiger partial charge in [0.1, 0.15) is 5.76 Å². The van der Waals surface area contributed by atoms with Crippen LogP contribution < -0.4 is 5.32 Å². The minimum absolute atomic E-state index is 0.117. The van der Waals surface area contributed by atoms with E-state index in [1.165, 1.54) is 19.3 Å². The summed E-state index contributed by atoms with van der Waals surface area (Å²) in [7, 11) is 0. The fraction of sp³-hybridized carbons (Fsp3) is 0.500. The summed E-state index contributed by atoms with van der Waals surface area (Å²) < 4.78 is 6.75. The Bertz CT molecular complexity index is 747. The molecule has 1 amide bonds. The second kappa shape index (κ2) is 8.19. The van der Waals surface area contributed by atoms with Gasteiger partial charge in [-0.05, 0) is 68.6 Å². The lowest BCUT2D eigenvalue weighted by Gasteiger charge is -2.41. The summed E-state index contributed by atoms with van der Waals surface area (Å²) in [6, 6.07) is 12.3. The molecule has 144 valence electrons. The van der Waals surface area contributed by atoms with Crippen LogP contribution in [-0.2, 0) is 10.2 Å². The Morgan fingerprint density at radius 2 is 1.85 bits per heavy atom. The molecule has 5 heteroatoms. The molecular formula is C22H27BrN2O2. The van der Waals surface area contributed by atoms with Crippen molar-refractivity contribution in [3.05, 3.63) is 58.5 Å². The van der Waals surface area contributed by atoms with Crippen molar-refractivity contribution in [2.45, 2.75) is 50.0 Å². The first-order valence-corrected chi connectivity index (χ1v) is 10.8. The molecule has 2 fully saturated rings. The molecule has 2 aliphatic rings. The van der Waals surface area contributed by atoms with Gasteiger partial charge in [-0.3, -0.25) is 9.69 Å². The molecule has 1 N–H and O–H groups in total. The second-order valence-corrected chi connectivity index (χ2v) is 8.70. The van der Waals surface area contributed by atoms with Crippen LogP contribution in [0.3, 0.4) is 0 Å². The topological polar surface area (TPSA) is 45.5 Å². The number of nitrogens with one attached hydrogen (secondary N) is 1. The van der Waals surface area contributed by atoms with Crippen molar-refractivity contribution >= 4 is 21.8 Å². The van der Waals surface area contributed by atoms with Gasteiger partial charge in [0.2, 0.25) is 5.91 Å². The molecule has 1 unspecified atom stereocenters. The average molecular weight is 431 g/mol. The number of furan rings is 1. The first-order chi connectivity index (χ1) is 13.2. The molecule has 1 aromatic heterocycles. The monoisotopic (exact) mass is 430 g/mol. The summed E-state index contributed by atoms with van der Waals surface area (Å²) in [5.74, 6) is 1.10. The van der Waals surface area contributed by atoms with E-state index in [4.69, 9.17) is 4.42 Å². The maximum absolute atomic E-state index is 13.2. The number of amides is 1. The molecular weight excluding hydrogens is 404 g/mol. The number of piperidine rings is 1. The van der Waals surface area contributed by atoms with Crippen LogP contribution in [0.1, 0.15) is 55.9 Å². The number of likely N-dealkylation sites (tertiary alicyclic amines) is 1. The van der Waals surface area contributed by atoms with Gasteiger partial charge in [0, 0.05) is 11.0 Å². The zero-order valence-electron chi connectivity index (χ0n) is 15.6. The van der Waals surface area contributed by atoms with Gasteiger partial charge in [-0.2, -0.15) is 0 Å². The minimum Gasteiger partial charge on any atom is -0.468 e. The number of hydrogen-bond donors (Lipinski definition) is 1. The second-order valence-electron chi connectivity index (χ2n) is 7.78. The first kappa shape index (κ1) is 18.8. The maximum Gasteiger partial charge on any atom is 0.230 e. The summed E-state index contributed by atoms with van der Waals surface area (Å²) in [6.07, 6.45) is 8.41. The van der Waals surface area contributed by atoms with Crippen LogP contribution >= 0.6 is 15.9 Å². The quantitative estimate of drug-likeness (QED) is 0.714. The van der Waals surface area contributed by atoms with Crippen LogP contribution in [0.15, 0.2) is 51.6 Å². The zero-order valence-corrected chi connectivity index (χ0v) is 17.2. The van der Waals surface area contributed by atoms with E-state index in [0.29, 0.717) is 6.54 Å². The zero-order chi connectivity index (χ0) is 18.7. The smallest absolute Gasteiger partial charge is 0.230 e. The average Bonchev–Trinajstić information content (AvgIpc) is 3.18. The number of halogens is 1. The van der Waals surface area contributed by atoms with Crippen LogP contribution in [0.4, 0.5) is 0 Å². The van der Waals surface area contributed by atoms with Crippen molar-refractivity contribution in [3.63, 3.8) is 0 Å². The molecule has 2 heterocycles. The summed E-state index contributed by atoms with van der Waals surface area (Å²) >= 11 is 3.49. The molecule has 0 spiro atoms. The standard InChI is InChI=1S/C22H27BrN2O2/c23-18-9-7-17(8-10-18)22(11-5-12-22)21(26)24-16-19(20-6-4-15-27-20)25-13-2-1-3-14-25/h4,6-10,15,19H,1-3,5,11-14,16H2,(H,24,26). The number of nitrogens with zero attached hydrogens (tertiary/aromatic N) is 1. The highest BCUT2D eigenvalue weighted by Gasteiger charge is 2.45. The van der Waals surface area contributed by atoms with Crippen molar-refractivity contribution < 1.29 is 9.21 Å². The lowest BCUT2D eigenvalue weighted by molar-refractivity contribution is -0.130. The Morgan fingerprint density at radius 3 is 2.44 bits per heavy atom. The summed E-state index contributed by atoms with van der Waals surface area (Å²) in [5, 5.41) is 3.27. The van der Waals surface area contributed by atoms with E-state index in [-0.39, 0.29) is 17.4 Å². The summed E-state index contributed by atoms with van der Waals surface area (Å²) in [6.45, 7) is 2.74. The van der Waals surface area contributed by atoms with Crippen molar-refractivity contribution in [2.24, 2.45) is 0 Å². The number of carbonyl (C=O) groups excluding carboxylic acids is 1. The lowest BCUT2D eigenvalue weighted by Crippen LogP contribution is -2.51. The lowest BCUT2D eigenvalue weighted by atomic mass is 9.64.